The molecule has 0 saturated carbocycles. The third-order valence-electron chi connectivity index (χ3n) is 4.51. The maximum atomic E-state index is 12.6. The second-order valence-electron chi connectivity index (χ2n) is 6.18. The zero-order chi connectivity index (χ0) is 17.8. The van der Waals surface area contributed by atoms with E-state index < -0.39 is 5.97 Å². The van der Waals surface area contributed by atoms with Crippen LogP contribution in [0.4, 0.5) is 0 Å². The summed E-state index contributed by atoms with van der Waals surface area (Å²) in [4.78, 5) is 25.1. The second-order valence-corrected chi connectivity index (χ2v) is 6.18. The summed E-state index contributed by atoms with van der Waals surface area (Å²) in [6.07, 6.45) is 3.37. The number of aliphatic carboxylic acids is 1. The summed E-state index contributed by atoms with van der Waals surface area (Å²) in [7, 11) is 1.61. The molecule has 1 fully saturated rings. The highest BCUT2D eigenvalue weighted by Crippen LogP contribution is 2.22. The van der Waals surface area contributed by atoms with Crippen LogP contribution in [0.2, 0.25) is 0 Å². The predicted molar refractivity (Wildman–Crippen MR) is 91.0 cm³/mol. The topological polar surface area (TPSA) is 84.7 Å². The van der Waals surface area contributed by atoms with E-state index in [9.17, 15) is 9.59 Å². The van der Waals surface area contributed by atoms with Gasteiger partial charge in [-0.2, -0.15) is 5.10 Å². The molecule has 1 amide bonds. The maximum absolute atomic E-state index is 12.6. The second kappa shape index (κ2) is 7.38. The summed E-state index contributed by atoms with van der Waals surface area (Å²) >= 11 is 0. The van der Waals surface area contributed by atoms with Crippen LogP contribution in [0.3, 0.4) is 0 Å². The molecule has 1 aliphatic rings. The predicted octanol–water partition coefficient (Wildman–Crippen LogP) is 2.21. The van der Waals surface area contributed by atoms with E-state index in [1.54, 1.807) is 29.0 Å². The number of aromatic nitrogens is 2. The minimum atomic E-state index is -0.775. The Balaban J connectivity index is 1.64. The zero-order valence-corrected chi connectivity index (χ0v) is 14.1. The van der Waals surface area contributed by atoms with Crippen molar-refractivity contribution >= 4 is 11.9 Å². The van der Waals surface area contributed by atoms with Gasteiger partial charge in [-0.3, -0.25) is 9.59 Å². The molecular formula is C18H21N3O4. The Bertz CT molecular complexity index is 746. The van der Waals surface area contributed by atoms with E-state index in [1.807, 2.05) is 24.3 Å². The lowest BCUT2D eigenvalue weighted by molar-refractivity contribution is -0.138. The van der Waals surface area contributed by atoms with Crippen molar-refractivity contribution in [3.8, 4) is 11.4 Å². The number of piperidine rings is 1. The lowest BCUT2D eigenvalue weighted by Crippen LogP contribution is -2.39. The number of hydrogen-bond donors (Lipinski definition) is 1. The lowest BCUT2D eigenvalue weighted by Gasteiger charge is -2.30. The SMILES string of the molecule is COc1ccc(-n2ccc(C(=O)N3CCC(CC(=O)O)CC3)n2)cc1. The number of hydrogen-bond acceptors (Lipinski definition) is 4. The van der Waals surface area contributed by atoms with Gasteiger partial charge >= 0.3 is 5.97 Å². The number of likely N-dealkylation sites (tertiary alicyclic amines) is 1. The van der Waals surface area contributed by atoms with Crippen molar-refractivity contribution in [3.63, 3.8) is 0 Å². The van der Waals surface area contributed by atoms with Gasteiger partial charge in [0.05, 0.1) is 12.8 Å². The molecular weight excluding hydrogens is 322 g/mol. The van der Waals surface area contributed by atoms with Gasteiger partial charge in [0.2, 0.25) is 0 Å². The summed E-state index contributed by atoms with van der Waals surface area (Å²) in [5.74, 6) is 0.0268. The number of amides is 1. The Labute approximate surface area is 145 Å². The Morgan fingerprint density at radius 1 is 1.20 bits per heavy atom. The van der Waals surface area contributed by atoms with Crippen LogP contribution in [-0.4, -0.2) is 51.9 Å². The van der Waals surface area contributed by atoms with Crippen LogP contribution in [0.15, 0.2) is 36.5 Å². The largest absolute Gasteiger partial charge is 0.497 e. The highest BCUT2D eigenvalue weighted by molar-refractivity contribution is 5.92. The summed E-state index contributed by atoms with van der Waals surface area (Å²) in [5, 5.41) is 13.2. The van der Waals surface area contributed by atoms with Crippen LogP contribution in [0.1, 0.15) is 29.8 Å². The van der Waals surface area contributed by atoms with Crippen LogP contribution in [0.5, 0.6) is 5.75 Å². The van der Waals surface area contributed by atoms with Gasteiger partial charge in [0, 0.05) is 25.7 Å². The fraction of sp³-hybridized carbons (Fsp3) is 0.389. The van der Waals surface area contributed by atoms with E-state index in [4.69, 9.17) is 9.84 Å². The monoisotopic (exact) mass is 343 g/mol. The molecule has 0 unspecified atom stereocenters. The Morgan fingerprint density at radius 3 is 2.48 bits per heavy atom. The molecule has 0 atom stereocenters. The average molecular weight is 343 g/mol. The van der Waals surface area contributed by atoms with E-state index >= 15 is 0 Å². The number of ether oxygens (including phenoxy) is 1. The molecule has 25 heavy (non-hydrogen) atoms. The number of methoxy groups -OCH3 is 1. The number of carbonyl (C=O) groups excluding carboxylic acids is 1. The number of benzene rings is 1. The third kappa shape index (κ3) is 3.99. The molecule has 132 valence electrons. The highest BCUT2D eigenvalue weighted by atomic mass is 16.5. The van der Waals surface area contributed by atoms with E-state index in [0.29, 0.717) is 18.8 Å². The minimum absolute atomic E-state index is 0.110. The van der Waals surface area contributed by atoms with Crippen LogP contribution in [-0.2, 0) is 4.79 Å². The van der Waals surface area contributed by atoms with Gasteiger partial charge < -0.3 is 14.7 Å². The molecule has 0 radical (unpaired) electrons. The first-order chi connectivity index (χ1) is 12.1. The lowest BCUT2D eigenvalue weighted by atomic mass is 9.93. The van der Waals surface area contributed by atoms with Gasteiger partial charge in [-0.25, -0.2) is 4.68 Å². The molecule has 3 rings (SSSR count). The average Bonchev–Trinajstić information content (AvgIpc) is 3.11. The van der Waals surface area contributed by atoms with E-state index in [2.05, 4.69) is 5.10 Å². The van der Waals surface area contributed by atoms with Crippen molar-refractivity contribution in [3.05, 3.63) is 42.2 Å². The summed E-state index contributed by atoms with van der Waals surface area (Å²) in [5.41, 5.74) is 1.24. The number of carbonyl (C=O) groups is 2. The van der Waals surface area contributed by atoms with Gasteiger partial charge in [0.15, 0.2) is 5.69 Å². The van der Waals surface area contributed by atoms with Crippen LogP contribution in [0, 0.1) is 5.92 Å². The quantitative estimate of drug-likeness (QED) is 0.900. The van der Waals surface area contributed by atoms with Crippen molar-refractivity contribution in [1.29, 1.82) is 0 Å². The summed E-state index contributed by atoms with van der Waals surface area (Å²) in [6, 6.07) is 9.13. The van der Waals surface area contributed by atoms with E-state index in [1.165, 1.54) is 0 Å². The maximum Gasteiger partial charge on any atom is 0.303 e. The Morgan fingerprint density at radius 2 is 1.88 bits per heavy atom. The molecule has 1 N–H and O–H groups in total. The Kier molecular flexibility index (Phi) is 5.02. The zero-order valence-electron chi connectivity index (χ0n) is 14.1. The van der Waals surface area contributed by atoms with Gasteiger partial charge in [0.1, 0.15) is 5.75 Å². The van der Waals surface area contributed by atoms with Crippen molar-refractivity contribution in [2.75, 3.05) is 20.2 Å². The van der Waals surface area contributed by atoms with Crippen molar-refractivity contribution in [2.45, 2.75) is 19.3 Å². The molecule has 1 aliphatic heterocycles. The van der Waals surface area contributed by atoms with Crippen molar-refractivity contribution in [1.82, 2.24) is 14.7 Å². The molecule has 1 aromatic carbocycles. The fourth-order valence-electron chi connectivity index (χ4n) is 3.07. The fourth-order valence-corrected chi connectivity index (χ4v) is 3.07. The van der Waals surface area contributed by atoms with Crippen molar-refractivity contribution < 1.29 is 19.4 Å². The first kappa shape index (κ1) is 17.0. The number of rotatable bonds is 5. The van der Waals surface area contributed by atoms with Crippen molar-refractivity contribution in [2.24, 2.45) is 5.92 Å². The van der Waals surface area contributed by atoms with E-state index in [0.717, 1.165) is 24.3 Å². The highest BCUT2D eigenvalue weighted by Gasteiger charge is 2.26. The number of carboxylic acids is 1. The number of carboxylic acid groups (broad SMARTS) is 1. The standard InChI is InChI=1S/C18H21N3O4/c1-25-15-4-2-14(3-5-15)21-11-8-16(19-21)18(24)20-9-6-13(7-10-20)12-17(22)23/h2-5,8,11,13H,6-7,9-10,12H2,1H3,(H,22,23). The molecule has 0 spiro atoms. The summed E-state index contributed by atoms with van der Waals surface area (Å²) < 4.78 is 6.79. The third-order valence-corrected chi connectivity index (χ3v) is 4.51. The molecule has 2 aromatic rings. The van der Waals surface area contributed by atoms with E-state index in [-0.39, 0.29) is 18.2 Å². The van der Waals surface area contributed by atoms with Crippen LogP contribution in [0.25, 0.3) is 5.69 Å². The number of nitrogens with zero attached hydrogens (tertiary/aromatic N) is 3. The molecule has 0 bridgehead atoms. The molecule has 0 aliphatic carbocycles. The molecule has 7 nitrogen and oxygen atoms in total. The van der Waals surface area contributed by atoms with Crippen LogP contribution >= 0.6 is 0 Å². The normalized spacial score (nSPS) is 15.2. The molecule has 2 heterocycles. The van der Waals surface area contributed by atoms with Gasteiger partial charge in [-0.1, -0.05) is 0 Å². The van der Waals surface area contributed by atoms with Gasteiger partial charge in [-0.05, 0) is 49.1 Å². The van der Waals surface area contributed by atoms with Crippen LogP contribution < -0.4 is 4.74 Å². The van der Waals surface area contributed by atoms with Gasteiger partial charge in [0.25, 0.3) is 5.91 Å². The smallest absolute Gasteiger partial charge is 0.303 e. The molecule has 7 heteroatoms. The first-order valence-corrected chi connectivity index (χ1v) is 8.28. The van der Waals surface area contributed by atoms with Gasteiger partial charge in [-0.15, -0.1) is 0 Å². The minimum Gasteiger partial charge on any atom is -0.497 e. The molecule has 1 saturated heterocycles. The molecule has 1 aromatic heterocycles. The summed E-state index contributed by atoms with van der Waals surface area (Å²) in [6.45, 7) is 1.15. The first-order valence-electron chi connectivity index (χ1n) is 8.28. The Hall–Kier alpha value is -2.83.